The Balaban J connectivity index is 1.85. The lowest BCUT2D eigenvalue weighted by atomic mass is 9.69. The number of hydrogen-bond donors (Lipinski definition) is 0. The van der Waals surface area contributed by atoms with Crippen LogP contribution in [0.15, 0.2) is 76.5 Å². The van der Waals surface area contributed by atoms with Crippen LogP contribution in [-0.2, 0) is 14.6 Å². The molecule has 31 heavy (non-hydrogen) atoms. The van der Waals surface area contributed by atoms with E-state index in [0.29, 0.717) is 30.5 Å². The van der Waals surface area contributed by atoms with Crippen molar-refractivity contribution >= 4 is 21.3 Å². The molecule has 2 aromatic rings. The van der Waals surface area contributed by atoms with Gasteiger partial charge in [0.2, 0.25) is 0 Å². The highest BCUT2D eigenvalue weighted by atomic mass is 32.2. The number of benzene rings is 2. The molecule has 0 amide bonds. The summed E-state index contributed by atoms with van der Waals surface area (Å²) in [5.74, 6) is -1.50. The maximum atomic E-state index is 15.0. The number of nitrogens with zero attached hydrogens (tertiary/aromatic N) is 1. The minimum Gasteiger partial charge on any atom is -0.316 e. The summed E-state index contributed by atoms with van der Waals surface area (Å²) in [4.78, 5) is 15.6. The molecule has 0 fully saturated rings. The second-order valence-electron chi connectivity index (χ2n) is 9.31. The van der Waals surface area contributed by atoms with Crippen molar-refractivity contribution in [2.75, 3.05) is 10.7 Å². The van der Waals surface area contributed by atoms with Crippen molar-refractivity contribution < 1.29 is 17.6 Å². The van der Waals surface area contributed by atoms with E-state index in [-0.39, 0.29) is 27.4 Å². The minimum absolute atomic E-state index is 0.0237. The number of ketones is 1. The molecule has 0 bridgehead atoms. The SMILES string of the molecule is CC1(C)CC(=O)C2=C(C1)N(c1ccccc1)C1=C(C2c2ccccc2F)S(=O)(=O)CC1. The number of carbonyl (C=O) groups excluding carboxylic acids is 1. The Hall–Kier alpha value is -2.73. The maximum Gasteiger partial charge on any atom is 0.177 e. The van der Waals surface area contributed by atoms with E-state index < -0.39 is 21.6 Å². The molecule has 0 spiro atoms. The summed E-state index contributed by atoms with van der Waals surface area (Å²) in [7, 11) is -3.62. The van der Waals surface area contributed by atoms with Crippen LogP contribution in [0.1, 0.15) is 44.6 Å². The van der Waals surface area contributed by atoms with E-state index in [9.17, 15) is 17.6 Å². The standard InChI is InChI=1S/C25H24FNO3S/c1-25(2)14-20-23(21(28)15-25)22(17-10-6-7-11-18(17)26)24-19(12-13-31(24,29)30)27(20)16-8-4-3-5-9-16/h3-11,22H,12-15H2,1-2H3. The number of Topliss-reactive ketones (excluding diaryl/α,β-unsaturated/α-hetero) is 1. The summed E-state index contributed by atoms with van der Waals surface area (Å²) in [6.07, 6.45) is 1.27. The van der Waals surface area contributed by atoms with Gasteiger partial charge < -0.3 is 4.90 Å². The van der Waals surface area contributed by atoms with E-state index in [4.69, 9.17) is 0 Å². The van der Waals surface area contributed by atoms with Gasteiger partial charge in [0.15, 0.2) is 15.6 Å². The second-order valence-corrected chi connectivity index (χ2v) is 11.4. The predicted molar refractivity (Wildman–Crippen MR) is 119 cm³/mol. The number of para-hydroxylation sites is 1. The lowest BCUT2D eigenvalue weighted by Crippen LogP contribution is -2.40. The van der Waals surface area contributed by atoms with Crippen LogP contribution in [0.5, 0.6) is 0 Å². The van der Waals surface area contributed by atoms with Crippen LogP contribution in [0.3, 0.4) is 0 Å². The highest BCUT2D eigenvalue weighted by molar-refractivity contribution is 7.95. The molecule has 2 aliphatic heterocycles. The largest absolute Gasteiger partial charge is 0.316 e. The fraction of sp³-hybridized carbons (Fsp3) is 0.320. The number of rotatable bonds is 2. The molecular formula is C25H24FNO3S. The fourth-order valence-corrected chi connectivity index (χ4v) is 7.07. The smallest absolute Gasteiger partial charge is 0.177 e. The molecule has 1 aliphatic carbocycles. The number of anilines is 1. The van der Waals surface area contributed by atoms with Crippen molar-refractivity contribution in [3.05, 3.63) is 87.9 Å². The molecule has 0 radical (unpaired) electrons. The Morgan fingerprint density at radius 3 is 2.35 bits per heavy atom. The van der Waals surface area contributed by atoms with E-state index in [1.807, 2.05) is 49.1 Å². The normalized spacial score (nSPS) is 24.3. The van der Waals surface area contributed by atoms with Gasteiger partial charge >= 0.3 is 0 Å². The summed E-state index contributed by atoms with van der Waals surface area (Å²) >= 11 is 0. The average Bonchev–Trinajstić information content (AvgIpc) is 3.02. The van der Waals surface area contributed by atoms with Crippen LogP contribution in [0.25, 0.3) is 0 Å². The Morgan fingerprint density at radius 2 is 1.65 bits per heavy atom. The van der Waals surface area contributed by atoms with Gasteiger partial charge in [-0.3, -0.25) is 4.79 Å². The van der Waals surface area contributed by atoms with Gasteiger partial charge in [-0.2, -0.15) is 0 Å². The summed E-state index contributed by atoms with van der Waals surface area (Å²) in [6, 6.07) is 15.8. The van der Waals surface area contributed by atoms with Crippen molar-refractivity contribution in [2.24, 2.45) is 5.41 Å². The molecule has 0 saturated carbocycles. The molecule has 160 valence electrons. The van der Waals surface area contributed by atoms with Crippen LogP contribution in [-0.4, -0.2) is 20.0 Å². The highest BCUT2D eigenvalue weighted by Crippen LogP contribution is 2.55. The van der Waals surface area contributed by atoms with Gasteiger partial charge in [-0.1, -0.05) is 50.2 Å². The molecule has 2 aromatic carbocycles. The molecule has 6 heteroatoms. The lowest BCUT2D eigenvalue weighted by Gasteiger charge is -2.44. The third-order valence-corrected chi connectivity index (χ3v) is 8.33. The van der Waals surface area contributed by atoms with Crippen LogP contribution in [0.2, 0.25) is 0 Å². The van der Waals surface area contributed by atoms with Gasteiger partial charge in [0.05, 0.1) is 16.6 Å². The lowest BCUT2D eigenvalue weighted by molar-refractivity contribution is -0.118. The van der Waals surface area contributed by atoms with E-state index in [2.05, 4.69) is 0 Å². The first-order chi connectivity index (χ1) is 14.7. The maximum absolute atomic E-state index is 15.0. The van der Waals surface area contributed by atoms with Gasteiger partial charge in [-0.15, -0.1) is 0 Å². The molecule has 1 atom stereocenters. The Kier molecular flexibility index (Phi) is 4.49. The van der Waals surface area contributed by atoms with Crippen LogP contribution in [0.4, 0.5) is 10.1 Å². The van der Waals surface area contributed by atoms with Crippen molar-refractivity contribution in [3.8, 4) is 0 Å². The number of sulfone groups is 1. The number of halogens is 1. The first kappa shape index (κ1) is 20.2. The van der Waals surface area contributed by atoms with E-state index in [0.717, 1.165) is 11.4 Å². The summed E-state index contributed by atoms with van der Waals surface area (Å²) < 4.78 is 41.4. The molecule has 3 aliphatic rings. The predicted octanol–water partition coefficient (Wildman–Crippen LogP) is 5.10. The Morgan fingerprint density at radius 1 is 0.968 bits per heavy atom. The third-order valence-electron chi connectivity index (χ3n) is 6.44. The zero-order chi connectivity index (χ0) is 22.0. The van der Waals surface area contributed by atoms with Crippen LogP contribution in [0, 0.1) is 11.2 Å². The van der Waals surface area contributed by atoms with Gasteiger partial charge in [0.25, 0.3) is 0 Å². The molecular weight excluding hydrogens is 413 g/mol. The molecule has 0 aromatic heterocycles. The summed E-state index contributed by atoms with van der Waals surface area (Å²) in [5, 5.41) is 0. The van der Waals surface area contributed by atoms with Crippen molar-refractivity contribution in [1.82, 2.24) is 0 Å². The number of hydrogen-bond acceptors (Lipinski definition) is 4. The van der Waals surface area contributed by atoms with Crippen molar-refractivity contribution in [3.63, 3.8) is 0 Å². The molecule has 0 saturated heterocycles. The zero-order valence-corrected chi connectivity index (χ0v) is 18.4. The van der Waals surface area contributed by atoms with E-state index >= 15 is 0 Å². The van der Waals surface area contributed by atoms with Gasteiger partial charge in [0, 0.05) is 41.1 Å². The van der Waals surface area contributed by atoms with E-state index in [1.54, 1.807) is 18.2 Å². The zero-order valence-electron chi connectivity index (χ0n) is 17.6. The first-order valence-electron chi connectivity index (χ1n) is 10.5. The number of allylic oxidation sites excluding steroid dienone is 4. The molecule has 1 unspecified atom stereocenters. The van der Waals surface area contributed by atoms with Gasteiger partial charge in [0.1, 0.15) is 5.82 Å². The summed E-state index contributed by atoms with van der Waals surface area (Å²) in [6.45, 7) is 4.09. The molecule has 0 N–H and O–H groups in total. The highest BCUT2D eigenvalue weighted by Gasteiger charge is 2.50. The summed E-state index contributed by atoms with van der Waals surface area (Å²) in [5.41, 5.74) is 2.72. The quantitative estimate of drug-likeness (QED) is 0.656. The van der Waals surface area contributed by atoms with E-state index in [1.165, 1.54) is 6.07 Å². The molecule has 4 nitrogen and oxygen atoms in total. The van der Waals surface area contributed by atoms with Crippen LogP contribution < -0.4 is 4.90 Å². The van der Waals surface area contributed by atoms with Gasteiger partial charge in [-0.05, 0) is 30.0 Å². The molecule has 5 rings (SSSR count). The van der Waals surface area contributed by atoms with Gasteiger partial charge in [-0.25, -0.2) is 12.8 Å². The third kappa shape index (κ3) is 3.16. The molecule has 2 heterocycles. The second kappa shape index (κ2) is 6.89. The fourth-order valence-electron chi connectivity index (χ4n) is 5.23. The van der Waals surface area contributed by atoms with Crippen molar-refractivity contribution in [1.29, 1.82) is 0 Å². The van der Waals surface area contributed by atoms with Crippen molar-refractivity contribution in [2.45, 2.75) is 39.0 Å². The Bertz CT molecular complexity index is 1260. The average molecular weight is 438 g/mol. The number of carbonyl (C=O) groups is 1. The first-order valence-corrected chi connectivity index (χ1v) is 12.2. The minimum atomic E-state index is -3.62. The van der Waals surface area contributed by atoms with Crippen LogP contribution >= 0.6 is 0 Å². The Labute approximate surface area is 182 Å². The monoisotopic (exact) mass is 437 g/mol. The topological polar surface area (TPSA) is 54.5 Å².